The van der Waals surface area contributed by atoms with E-state index in [4.69, 9.17) is 5.73 Å². The van der Waals surface area contributed by atoms with Crippen LogP contribution in [0.5, 0.6) is 0 Å². The van der Waals surface area contributed by atoms with Crippen LogP contribution in [0.1, 0.15) is 12.0 Å². The molecule has 6 nitrogen and oxygen atoms in total. The van der Waals surface area contributed by atoms with E-state index in [1.807, 2.05) is 0 Å². The van der Waals surface area contributed by atoms with Crippen molar-refractivity contribution in [3.63, 3.8) is 0 Å². The number of carbonyl (C=O) groups excluding carboxylic acids is 1. The minimum absolute atomic E-state index is 0.0523. The van der Waals surface area contributed by atoms with E-state index in [9.17, 15) is 13.2 Å². The average molecular weight is 295 g/mol. The van der Waals surface area contributed by atoms with Crippen molar-refractivity contribution in [3.05, 3.63) is 29.8 Å². The Bertz CT molecular complexity index is 613. The lowest BCUT2D eigenvalue weighted by atomic mass is 10.2. The van der Waals surface area contributed by atoms with Gasteiger partial charge in [-0.3, -0.25) is 4.79 Å². The van der Waals surface area contributed by atoms with Crippen LogP contribution < -0.4 is 15.8 Å². The van der Waals surface area contributed by atoms with Crippen molar-refractivity contribution in [3.8, 4) is 11.8 Å². The Balaban J connectivity index is 2.70. The third-order valence-corrected chi connectivity index (χ3v) is 3.90. The summed E-state index contributed by atoms with van der Waals surface area (Å²) in [4.78, 5) is 11.1. The summed E-state index contributed by atoms with van der Waals surface area (Å²) in [6.07, 6.45) is 0.0930. The summed E-state index contributed by atoms with van der Waals surface area (Å²) in [6.45, 7) is 0.303. The van der Waals surface area contributed by atoms with E-state index in [1.54, 1.807) is 12.1 Å². The van der Waals surface area contributed by atoms with Crippen LogP contribution in [0.2, 0.25) is 0 Å². The van der Waals surface area contributed by atoms with Crippen LogP contribution >= 0.6 is 0 Å². The zero-order valence-electron chi connectivity index (χ0n) is 11.1. The molecule has 0 bridgehead atoms. The maximum Gasteiger partial charge on any atom is 0.240 e. The summed E-state index contributed by atoms with van der Waals surface area (Å²) in [7, 11) is -2.11. The molecule has 0 fully saturated rings. The molecule has 108 valence electrons. The lowest BCUT2D eigenvalue weighted by molar-refractivity contribution is -0.120. The van der Waals surface area contributed by atoms with Crippen molar-refractivity contribution in [2.75, 3.05) is 20.1 Å². The Morgan fingerprint density at radius 1 is 1.30 bits per heavy atom. The Labute approximate surface area is 118 Å². The lowest BCUT2D eigenvalue weighted by Crippen LogP contribution is -2.29. The number of sulfonamides is 1. The molecule has 1 aromatic rings. The van der Waals surface area contributed by atoms with Crippen molar-refractivity contribution in [2.45, 2.75) is 11.3 Å². The summed E-state index contributed by atoms with van der Waals surface area (Å²) in [5, 5.41) is 2.42. The molecule has 0 radical (unpaired) electrons. The molecule has 4 N–H and O–H groups in total. The van der Waals surface area contributed by atoms with Gasteiger partial charge < -0.3 is 11.1 Å². The van der Waals surface area contributed by atoms with Crippen LogP contribution in [0.15, 0.2) is 29.2 Å². The van der Waals surface area contributed by atoms with E-state index >= 15 is 0 Å². The number of amides is 1. The summed E-state index contributed by atoms with van der Waals surface area (Å²) < 4.78 is 26.2. The smallest absolute Gasteiger partial charge is 0.240 e. The van der Waals surface area contributed by atoms with Crippen molar-refractivity contribution in [2.24, 2.45) is 5.73 Å². The van der Waals surface area contributed by atoms with Gasteiger partial charge in [0.25, 0.3) is 0 Å². The molecule has 0 aliphatic rings. The normalized spacial score (nSPS) is 10.5. The number of benzene rings is 1. The Kier molecular flexibility index (Phi) is 6.18. The van der Waals surface area contributed by atoms with E-state index in [0.717, 1.165) is 0 Å². The molecule has 20 heavy (non-hydrogen) atoms. The van der Waals surface area contributed by atoms with Crippen LogP contribution in [0.25, 0.3) is 0 Å². The molecule has 1 aromatic carbocycles. The molecular formula is C13H17N3O3S. The highest BCUT2D eigenvalue weighted by molar-refractivity contribution is 7.89. The number of rotatable bonds is 5. The number of hydrogen-bond acceptors (Lipinski definition) is 4. The molecule has 0 heterocycles. The Morgan fingerprint density at radius 2 is 1.95 bits per heavy atom. The number of nitrogens with one attached hydrogen (secondary N) is 2. The number of nitrogens with two attached hydrogens (primary N) is 1. The summed E-state index contributed by atoms with van der Waals surface area (Å²) >= 11 is 0. The number of hydrogen-bond donors (Lipinski definition) is 3. The molecule has 0 spiro atoms. The van der Waals surface area contributed by atoms with Gasteiger partial charge in [-0.1, -0.05) is 11.8 Å². The maximum absolute atomic E-state index is 11.9. The van der Waals surface area contributed by atoms with Crippen molar-refractivity contribution in [1.29, 1.82) is 0 Å². The fourth-order valence-corrected chi connectivity index (χ4v) is 2.41. The molecule has 0 atom stereocenters. The van der Waals surface area contributed by atoms with Crippen LogP contribution in [-0.4, -0.2) is 34.5 Å². The van der Waals surface area contributed by atoms with Gasteiger partial charge in [-0.15, -0.1) is 0 Å². The van der Waals surface area contributed by atoms with E-state index < -0.39 is 10.0 Å². The third kappa shape index (κ3) is 5.01. The van der Waals surface area contributed by atoms with Crippen molar-refractivity contribution in [1.82, 2.24) is 10.0 Å². The van der Waals surface area contributed by atoms with Gasteiger partial charge >= 0.3 is 0 Å². The fraction of sp³-hybridized carbons (Fsp3) is 0.308. The zero-order valence-corrected chi connectivity index (χ0v) is 12.0. The summed E-state index contributed by atoms with van der Waals surface area (Å²) in [5.74, 6) is 5.27. The first kappa shape index (κ1) is 16.2. The second-order valence-corrected chi connectivity index (χ2v) is 5.62. The zero-order chi connectivity index (χ0) is 15.0. The predicted molar refractivity (Wildman–Crippen MR) is 76.2 cm³/mol. The van der Waals surface area contributed by atoms with Crippen LogP contribution in [-0.2, 0) is 14.8 Å². The van der Waals surface area contributed by atoms with Crippen LogP contribution in [0.3, 0.4) is 0 Å². The van der Waals surface area contributed by atoms with Gasteiger partial charge in [0.15, 0.2) is 0 Å². The van der Waals surface area contributed by atoms with Gasteiger partial charge in [-0.2, -0.15) is 0 Å². The molecule has 7 heteroatoms. The van der Waals surface area contributed by atoms with E-state index in [0.29, 0.717) is 5.56 Å². The maximum atomic E-state index is 11.9. The largest absolute Gasteiger partial charge is 0.359 e. The Morgan fingerprint density at radius 3 is 2.50 bits per heavy atom. The highest BCUT2D eigenvalue weighted by Crippen LogP contribution is 2.09. The topological polar surface area (TPSA) is 101 Å². The first-order valence-electron chi connectivity index (χ1n) is 5.99. The highest BCUT2D eigenvalue weighted by Gasteiger charge is 2.13. The quantitative estimate of drug-likeness (QED) is 0.632. The molecule has 0 aromatic heterocycles. The first-order valence-corrected chi connectivity index (χ1v) is 7.47. The molecular weight excluding hydrogens is 278 g/mol. The van der Waals surface area contributed by atoms with Gasteiger partial charge in [0.2, 0.25) is 15.9 Å². The highest BCUT2D eigenvalue weighted by atomic mass is 32.2. The minimum Gasteiger partial charge on any atom is -0.359 e. The first-order chi connectivity index (χ1) is 9.49. The molecule has 0 unspecified atom stereocenters. The minimum atomic E-state index is -3.60. The van der Waals surface area contributed by atoms with Gasteiger partial charge in [-0.05, 0) is 24.3 Å². The van der Waals surface area contributed by atoms with Crippen LogP contribution in [0, 0.1) is 11.8 Å². The SMILES string of the molecule is CNC(=O)CCNS(=O)(=O)c1ccc(C#CCN)cc1. The van der Waals surface area contributed by atoms with Gasteiger partial charge in [0, 0.05) is 25.6 Å². The van der Waals surface area contributed by atoms with E-state index in [1.165, 1.54) is 19.2 Å². The monoisotopic (exact) mass is 295 g/mol. The summed E-state index contributed by atoms with van der Waals surface area (Å²) in [6, 6.07) is 6.14. The molecule has 0 saturated carbocycles. The second-order valence-electron chi connectivity index (χ2n) is 3.85. The molecule has 1 amide bonds. The Hall–Kier alpha value is -1.88. The second kappa shape index (κ2) is 7.65. The van der Waals surface area contributed by atoms with E-state index in [-0.39, 0.29) is 30.3 Å². The van der Waals surface area contributed by atoms with Crippen molar-refractivity contribution < 1.29 is 13.2 Å². The molecule has 1 rings (SSSR count). The van der Waals surface area contributed by atoms with Gasteiger partial charge in [0.1, 0.15) is 0 Å². The molecule has 0 aliphatic heterocycles. The van der Waals surface area contributed by atoms with Gasteiger partial charge in [-0.25, -0.2) is 13.1 Å². The van der Waals surface area contributed by atoms with Crippen molar-refractivity contribution >= 4 is 15.9 Å². The van der Waals surface area contributed by atoms with Crippen LogP contribution in [0.4, 0.5) is 0 Å². The van der Waals surface area contributed by atoms with Gasteiger partial charge in [0.05, 0.1) is 11.4 Å². The molecule has 0 aliphatic carbocycles. The summed E-state index contributed by atoms with van der Waals surface area (Å²) in [5.41, 5.74) is 5.95. The fourth-order valence-electron chi connectivity index (χ4n) is 1.38. The number of carbonyl (C=O) groups is 1. The molecule has 0 saturated heterocycles. The van der Waals surface area contributed by atoms with E-state index in [2.05, 4.69) is 21.9 Å². The average Bonchev–Trinajstić information content (AvgIpc) is 2.45. The predicted octanol–water partition coefficient (Wildman–Crippen LogP) is -0.589. The standard InChI is InChI=1S/C13H17N3O3S/c1-15-13(17)8-10-16-20(18,19)12-6-4-11(5-7-12)3-2-9-14/h4-7,16H,8-10,14H2,1H3,(H,15,17). The third-order valence-electron chi connectivity index (χ3n) is 2.42. The lowest BCUT2D eigenvalue weighted by Gasteiger charge is -2.06.